The highest BCUT2D eigenvalue weighted by Gasteiger charge is 2.21. The fraction of sp³-hybridized carbons (Fsp3) is 0.143. The number of nitrogens with one attached hydrogen (secondary N) is 1. The molecule has 0 aliphatic rings. The van der Waals surface area contributed by atoms with Crippen LogP contribution in [0.25, 0.3) is 0 Å². The van der Waals surface area contributed by atoms with Crippen LogP contribution in [0.2, 0.25) is 0 Å². The number of rotatable bonds is 7. The minimum Gasteiger partial charge on any atom is -0.219 e. The van der Waals surface area contributed by atoms with Gasteiger partial charge in [-0.2, -0.15) is 0 Å². The van der Waals surface area contributed by atoms with Crippen LogP contribution in [0.15, 0.2) is 99.6 Å². The zero-order valence-corrected chi connectivity index (χ0v) is 16.9. The molecule has 3 rings (SSSR count). The third-order valence-corrected chi connectivity index (χ3v) is 7.62. The molecule has 0 aliphatic heterocycles. The van der Waals surface area contributed by atoms with E-state index < -0.39 is 19.9 Å². The Kier molecular flexibility index (Phi) is 5.98. The number of sulfonamides is 1. The Hall–Kier alpha value is -2.48. The van der Waals surface area contributed by atoms with Crippen LogP contribution in [0.4, 0.5) is 0 Å². The van der Waals surface area contributed by atoms with E-state index in [2.05, 4.69) is 4.72 Å². The molecule has 0 saturated heterocycles. The highest BCUT2D eigenvalue weighted by molar-refractivity contribution is 7.91. The number of benzene rings is 3. The van der Waals surface area contributed by atoms with Gasteiger partial charge in [0, 0.05) is 6.54 Å². The second-order valence-electron chi connectivity index (χ2n) is 6.45. The summed E-state index contributed by atoms with van der Waals surface area (Å²) in [5, 5.41) is 0. The molecule has 0 aliphatic carbocycles. The first kappa shape index (κ1) is 20.3. The summed E-state index contributed by atoms with van der Waals surface area (Å²) < 4.78 is 53.4. The molecule has 0 saturated carbocycles. The van der Waals surface area contributed by atoms with E-state index in [0.29, 0.717) is 0 Å². The van der Waals surface area contributed by atoms with Crippen molar-refractivity contribution >= 4 is 19.9 Å². The van der Waals surface area contributed by atoms with Crippen molar-refractivity contribution in [2.24, 2.45) is 0 Å². The quantitative estimate of drug-likeness (QED) is 0.639. The topological polar surface area (TPSA) is 80.3 Å². The Bertz CT molecular complexity index is 1140. The Morgan fingerprint density at radius 2 is 1.25 bits per heavy atom. The van der Waals surface area contributed by atoms with Gasteiger partial charge in [0.05, 0.1) is 14.7 Å². The smallest absolute Gasteiger partial charge is 0.219 e. The largest absolute Gasteiger partial charge is 0.240 e. The molecule has 1 atom stereocenters. The molecule has 146 valence electrons. The van der Waals surface area contributed by atoms with E-state index in [1.54, 1.807) is 18.2 Å². The predicted octanol–water partition coefficient (Wildman–Crippen LogP) is 3.60. The van der Waals surface area contributed by atoms with Crippen LogP contribution >= 0.6 is 0 Å². The average Bonchev–Trinajstić information content (AvgIpc) is 2.73. The Balaban J connectivity index is 1.83. The Labute approximate surface area is 166 Å². The molecule has 0 spiro atoms. The van der Waals surface area contributed by atoms with Gasteiger partial charge in [-0.25, -0.2) is 21.6 Å². The summed E-state index contributed by atoms with van der Waals surface area (Å²) in [6.45, 7) is 2.14. The lowest BCUT2D eigenvalue weighted by molar-refractivity contribution is 0.574. The minimum absolute atomic E-state index is 0.0211. The van der Waals surface area contributed by atoms with Gasteiger partial charge in [-0.3, -0.25) is 0 Å². The lowest BCUT2D eigenvalue weighted by Gasteiger charge is -2.14. The highest BCUT2D eigenvalue weighted by atomic mass is 32.2. The van der Waals surface area contributed by atoms with Crippen LogP contribution in [0.3, 0.4) is 0 Å². The summed E-state index contributed by atoms with van der Waals surface area (Å²) in [4.78, 5) is -0.0161. The van der Waals surface area contributed by atoms with E-state index in [9.17, 15) is 16.8 Å². The van der Waals surface area contributed by atoms with Crippen LogP contribution in [0.5, 0.6) is 0 Å². The Morgan fingerprint density at radius 3 is 1.89 bits per heavy atom. The molecule has 7 heteroatoms. The molecule has 3 aromatic rings. The van der Waals surface area contributed by atoms with Crippen molar-refractivity contribution in [1.82, 2.24) is 4.72 Å². The van der Waals surface area contributed by atoms with Crippen LogP contribution in [0.1, 0.15) is 18.4 Å². The maximum Gasteiger partial charge on any atom is 0.240 e. The monoisotopic (exact) mass is 415 g/mol. The fourth-order valence-corrected chi connectivity index (χ4v) is 5.34. The maximum atomic E-state index is 12.7. The first-order chi connectivity index (χ1) is 13.3. The second kappa shape index (κ2) is 8.26. The highest BCUT2D eigenvalue weighted by Crippen LogP contribution is 2.23. The average molecular weight is 416 g/mol. The van der Waals surface area contributed by atoms with E-state index in [1.807, 2.05) is 37.3 Å². The zero-order valence-electron chi connectivity index (χ0n) is 15.3. The molecule has 0 amide bonds. The van der Waals surface area contributed by atoms with Crippen molar-refractivity contribution in [1.29, 1.82) is 0 Å². The van der Waals surface area contributed by atoms with Crippen LogP contribution < -0.4 is 4.72 Å². The maximum absolute atomic E-state index is 12.7. The van der Waals surface area contributed by atoms with E-state index in [1.165, 1.54) is 36.4 Å². The summed E-state index contributed by atoms with van der Waals surface area (Å²) in [5.41, 5.74) is 1.02. The fourth-order valence-electron chi connectivity index (χ4n) is 2.76. The van der Waals surface area contributed by atoms with Gasteiger partial charge in [0.2, 0.25) is 19.9 Å². The summed E-state index contributed by atoms with van der Waals surface area (Å²) >= 11 is 0. The minimum atomic E-state index is -3.84. The molecule has 28 heavy (non-hydrogen) atoms. The van der Waals surface area contributed by atoms with E-state index in [4.69, 9.17) is 0 Å². The third-order valence-electron chi connectivity index (χ3n) is 4.43. The Morgan fingerprint density at radius 1 is 0.714 bits per heavy atom. The van der Waals surface area contributed by atoms with Crippen molar-refractivity contribution in [2.75, 3.05) is 6.54 Å². The molecule has 3 aromatic carbocycles. The molecule has 5 nitrogen and oxygen atoms in total. The summed E-state index contributed by atoms with van der Waals surface area (Å²) in [5.74, 6) is -0.0211. The van der Waals surface area contributed by atoms with Crippen molar-refractivity contribution in [2.45, 2.75) is 27.5 Å². The van der Waals surface area contributed by atoms with E-state index in [-0.39, 0.29) is 27.1 Å². The third kappa shape index (κ3) is 4.49. The van der Waals surface area contributed by atoms with Crippen molar-refractivity contribution in [3.63, 3.8) is 0 Å². The summed E-state index contributed by atoms with van der Waals surface area (Å²) in [7, 11) is -7.63. The van der Waals surface area contributed by atoms with Crippen LogP contribution in [0, 0.1) is 0 Å². The van der Waals surface area contributed by atoms with Gasteiger partial charge in [-0.1, -0.05) is 61.5 Å². The van der Waals surface area contributed by atoms with Gasteiger partial charge in [-0.15, -0.1) is 0 Å². The van der Waals surface area contributed by atoms with Crippen LogP contribution in [-0.4, -0.2) is 23.4 Å². The van der Waals surface area contributed by atoms with Gasteiger partial charge in [0.15, 0.2) is 0 Å². The number of hydrogen-bond donors (Lipinski definition) is 1. The first-order valence-corrected chi connectivity index (χ1v) is 11.7. The van der Waals surface area contributed by atoms with E-state index >= 15 is 0 Å². The number of hydrogen-bond acceptors (Lipinski definition) is 4. The van der Waals surface area contributed by atoms with Gasteiger partial charge in [-0.05, 0) is 41.8 Å². The number of sulfone groups is 1. The second-order valence-corrected chi connectivity index (χ2v) is 10.2. The normalized spacial score (nSPS) is 13.2. The summed E-state index contributed by atoms with van der Waals surface area (Å²) in [6, 6.07) is 22.9. The van der Waals surface area contributed by atoms with Crippen molar-refractivity contribution < 1.29 is 16.8 Å². The van der Waals surface area contributed by atoms with Gasteiger partial charge < -0.3 is 0 Å². The SMILES string of the molecule is C[C@@H](CNS(=O)(=O)c1cccc(S(=O)(=O)c2ccccc2)c1)c1ccccc1. The van der Waals surface area contributed by atoms with Crippen LogP contribution in [-0.2, 0) is 19.9 Å². The standard InChI is InChI=1S/C21H21NO4S2/c1-17(18-9-4-2-5-10-18)16-22-28(25,26)21-14-8-13-20(15-21)27(23,24)19-11-6-3-7-12-19/h2-15,17,22H,16H2,1H3/t17-/m0/s1. The van der Waals surface area contributed by atoms with E-state index in [0.717, 1.165) is 5.56 Å². The molecule has 0 aromatic heterocycles. The lowest BCUT2D eigenvalue weighted by Crippen LogP contribution is -2.27. The first-order valence-electron chi connectivity index (χ1n) is 8.75. The molecule has 1 N–H and O–H groups in total. The van der Waals surface area contributed by atoms with Crippen molar-refractivity contribution in [3.8, 4) is 0 Å². The molecule has 0 fully saturated rings. The molecular weight excluding hydrogens is 394 g/mol. The summed E-state index contributed by atoms with van der Waals surface area (Å²) in [6.07, 6.45) is 0. The molecule has 0 bridgehead atoms. The zero-order chi connectivity index (χ0) is 20.2. The van der Waals surface area contributed by atoms with Gasteiger partial charge >= 0.3 is 0 Å². The van der Waals surface area contributed by atoms with Gasteiger partial charge in [0.1, 0.15) is 0 Å². The van der Waals surface area contributed by atoms with Gasteiger partial charge in [0.25, 0.3) is 0 Å². The molecule has 0 radical (unpaired) electrons. The molecular formula is C21H21NO4S2. The molecule has 0 unspecified atom stereocenters. The lowest BCUT2D eigenvalue weighted by atomic mass is 10.0. The molecule has 0 heterocycles. The van der Waals surface area contributed by atoms with Crippen molar-refractivity contribution in [3.05, 3.63) is 90.5 Å². The predicted molar refractivity (Wildman–Crippen MR) is 108 cm³/mol.